The molecule has 4 nitrogen and oxygen atoms in total. The summed E-state index contributed by atoms with van der Waals surface area (Å²) in [6.07, 6.45) is 2.83. The Balaban J connectivity index is 2.53. The molecule has 0 amide bonds. The number of aliphatic hydroxyl groups is 1. The van der Waals surface area contributed by atoms with Crippen LogP contribution in [0.15, 0.2) is 0 Å². The van der Waals surface area contributed by atoms with Gasteiger partial charge in [-0.15, -0.1) is 0 Å². The molecule has 0 bridgehead atoms. The highest BCUT2D eigenvalue weighted by molar-refractivity contribution is 5.70. The third-order valence-corrected chi connectivity index (χ3v) is 3.08. The Hall–Kier alpha value is -0.610. The monoisotopic (exact) mass is 201 g/mol. The van der Waals surface area contributed by atoms with E-state index >= 15 is 0 Å². The minimum absolute atomic E-state index is 0.141. The summed E-state index contributed by atoms with van der Waals surface area (Å²) < 4.78 is 0. The Morgan fingerprint density at radius 2 is 2.21 bits per heavy atom. The molecule has 1 heterocycles. The molecule has 2 unspecified atom stereocenters. The maximum atomic E-state index is 10.8. The van der Waals surface area contributed by atoms with Gasteiger partial charge in [-0.2, -0.15) is 0 Å². The van der Waals surface area contributed by atoms with Crippen molar-refractivity contribution in [2.45, 2.75) is 19.3 Å². The SMILES string of the molecule is CN1CCCC(C(CO)C(=O)O)CC1. The average molecular weight is 201 g/mol. The molecule has 0 aromatic rings. The van der Waals surface area contributed by atoms with Gasteiger partial charge in [0, 0.05) is 0 Å². The number of aliphatic hydroxyl groups excluding tert-OH is 1. The lowest BCUT2D eigenvalue weighted by Crippen LogP contribution is -2.28. The molecule has 2 atom stereocenters. The van der Waals surface area contributed by atoms with Crippen LogP contribution < -0.4 is 0 Å². The second-order valence-corrected chi connectivity index (χ2v) is 4.12. The van der Waals surface area contributed by atoms with E-state index in [2.05, 4.69) is 11.9 Å². The second kappa shape index (κ2) is 5.32. The third kappa shape index (κ3) is 2.96. The molecule has 1 aliphatic heterocycles. The first-order valence-electron chi connectivity index (χ1n) is 5.17. The second-order valence-electron chi connectivity index (χ2n) is 4.12. The van der Waals surface area contributed by atoms with Gasteiger partial charge in [-0.3, -0.25) is 4.79 Å². The fourth-order valence-electron chi connectivity index (χ4n) is 2.10. The number of likely N-dealkylation sites (tertiary alicyclic amines) is 1. The topological polar surface area (TPSA) is 60.8 Å². The van der Waals surface area contributed by atoms with Crippen LogP contribution in [-0.4, -0.2) is 47.8 Å². The van der Waals surface area contributed by atoms with E-state index in [0.29, 0.717) is 0 Å². The van der Waals surface area contributed by atoms with Crippen molar-refractivity contribution in [2.75, 3.05) is 26.7 Å². The maximum absolute atomic E-state index is 10.8. The van der Waals surface area contributed by atoms with Crippen LogP contribution in [0.25, 0.3) is 0 Å². The Morgan fingerprint density at radius 1 is 1.50 bits per heavy atom. The quantitative estimate of drug-likeness (QED) is 0.694. The van der Waals surface area contributed by atoms with Crippen LogP contribution in [0.2, 0.25) is 0 Å². The van der Waals surface area contributed by atoms with Gasteiger partial charge in [0.2, 0.25) is 0 Å². The summed E-state index contributed by atoms with van der Waals surface area (Å²) >= 11 is 0. The minimum atomic E-state index is -0.859. The number of carboxylic acids is 1. The van der Waals surface area contributed by atoms with Crippen LogP contribution in [0.3, 0.4) is 0 Å². The van der Waals surface area contributed by atoms with Crippen molar-refractivity contribution in [2.24, 2.45) is 11.8 Å². The van der Waals surface area contributed by atoms with Gasteiger partial charge < -0.3 is 15.1 Å². The summed E-state index contributed by atoms with van der Waals surface area (Å²) in [5.41, 5.74) is 0. The highest BCUT2D eigenvalue weighted by atomic mass is 16.4. The molecule has 1 saturated heterocycles. The lowest BCUT2D eigenvalue weighted by atomic mass is 9.87. The number of nitrogens with zero attached hydrogens (tertiary/aromatic N) is 1. The number of carbonyl (C=O) groups is 1. The smallest absolute Gasteiger partial charge is 0.309 e. The van der Waals surface area contributed by atoms with Gasteiger partial charge in [0.05, 0.1) is 12.5 Å². The van der Waals surface area contributed by atoms with Crippen LogP contribution in [0, 0.1) is 11.8 Å². The van der Waals surface area contributed by atoms with E-state index < -0.39 is 11.9 Å². The molecular weight excluding hydrogens is 182 g/mol. The van der Waals surface area contributed by atoms with Crippen molar-refractivity contribution in [3.8, 4) is 0 Å². The van der Waals surface area contributed by atoms with Gasteiger partial charge in [-0.1, -0.05) is 0 Å². The van der Waals surface area contributed by atoms with Crippen molar-refractivity contribution in [3.63, 3.8) is 0 Å². The number of carboxylic acid groups (broad SMARTS) is 1. The van der Waals surface area contributed by atoms with Crippen LogP contribution in [-0.2, 0) is 4.79 Å². The maximum Gasteiger partial charge on any atom is 0.309 e. The number of hydrogen-bond donors (Lipinski definition) is 2. The summed E-state index contributed by atoms with van der Waals surface area (Å²) in [4.78, 5) is 13.1. The molecule has 2 N–H and O–H groups in total. The Morgan fingerprint density at radius 3 is 2.79 bits per heavy atom. The van der Waals surface area contributed by atoms with E-state index in [-0.39, 0.29) is 12.5 Å². The predicted molar refractivity (Wildman–Crippen MR) is 53.0 cm³/mol. The molecule has 4 heteroatoms. The molecule has 0 aliphatic carbocycles. The lowest BCUT2D eigenvalue weighted by molar-refractivity contribution is -0.145. The summed E-state index contributed by atoms with van der Waals surface area (Å²) in [6, 6.07) is 0. The molecule has 0 spiro atoms. The van der Waals surface area contributed by atoms with Crippen molar-refractivity contribution < 1.29 is 15.0 Å². The summed E-state index contributed by atoms with van der Waals surface area (Å²) in [5, 5.41) is 17.9. The first-order valence-corrected chi connectivity index (χ1v) is 5.17. The van der Waals surface area contributed by atoms with Crippen LogP contribution in [0.1, 0.15) is 19.3 Å². The molecule has 82 valence electrons. The van der Waals surface area contributed by atoms with E-state index in [1.807, 2.05) is 0 Å². The van der Waals surface area contributed by atoms with E-state index in [4.69, 9.17) is 10.2 Å². The largest absolute Gasteiger partial charge is 0.481 e. The fourth-order valence-corrected chi connectivity index (χ4v) is 2.10. The van der Waals surface area contributed by atoms with Gasteiger partial charge in [0.25, 0.3) is 0 Å². The first kappa shape index (κ1) is 11.5. The van der Waals surface area contributed by atoms with Gasteiger partial charge in [-0.05, 0) is 45.3 Å². The van der Waals surface area contributed by atoms with Crippen molar-refractivity contribution >= 4 is 5.97 Å². The van der Waals surface area contributed by atoms with Crippen LogP contribution >= 0.6 is 0 Å². The van der Waals surface area contributed by atoms with E-state index in [1.54, 1.807) is 0 Å². The van der Waals surface area contributed by atoms with Crippen molar-refractivity contribution in [1.29, 1.82) is 0 Å². The predicted octanol–water partition coefficient (Wildman–Crippen LogP) is 0.411. The lowest BCUT2D eigenvalue weighted by Gasteiger charge is -2.20. The highest BCUT2D eigenvalue weighted by Gasteiger charge is 2.28. The first-order chi connectivity index (χ1) is 6.65. The summed E-state index contributed by atoms with van der Waals surface area (Å²) in [7, 11) is 2.05. The number of rotatable bonds is 3. The van der Waals surface area contributed by atoms with E-state index in [9.17, 15) is 4.79 Å². The van der Waals surface area contributed by atoms with Crippen LogP contribution in [0.4, 0.5) is 0 Å². The zero-order valence-corrected chi connectivity index (χ0v) is 8.65. The molecule has 14 heavy (non-hydrogen) atoms. The minimum Gasteiger partial charge on any atom is -0.481 e. The molecule has 0 saturated carbocycles. The van der Waals surface area contributed by atoms with Gasteiger partial charge >= 0.3 is 5.97 Å². The third-order valence-electron chi connectivity index (χ3n) is 3.08. The molecule has 0 radical (unpaired) electrons. The molecule has 1 fully saturated rings. The Bertz CT molecular complexity index is 196. The number of hydrogen-bond acceptors (Lipinski definition) is 3. The van der Waals surface area contributed by atoms with Gasteiger partial charge in [0.15, 0.2) is 0 Å². The van der Waals surface area contributed by atoms with Crippen LogP contribution in [0.5, 0.6) is 0 Å². The van der Waals surface area contributed by atoms with Crippen molar-refractivity contribution in [1.82, 2.24) is 4.90 Å². The molecule has 1 rings (SSSR count). The fraction of sp³-hybridized carbons (Fsp3) is 0.900. The van der Waals surface area contributed by atoms with Gasteiger partial charge in [0.1, 0.15) is 0 Å². The van der Waals surface area contributed by atoms with Gasteiger partial charge in [-0.25, -0.2) is 0 Å². The zero-order valence-electron chi connectivity index (χ0n) is 8.65. The standard InChI is InChI=1S/C10H19NO3/c1-11-5-2-3-8(4-6-11)9(7-12)10(13)14/h8-9,12H,2-7H2,1H3,(H,13,14). The zero-order chi connectivity index (χ0) is 10.6. The van der Waals surface area contributed by atoms with E-state index in [0.717, 1.165) is 32.4 Å². The molecule has 0 aromatic heterocycles. The molecule has 0 aromatic carbocycles. The summed E-state index contributed by atoms with van der Waals surface area (Å²) in [6.45, 7) is 1.74. The number of aliphatic carboxylic acids is 1. The normalized spacial score (nSPS) is 26.9. The molecular formula is C10H19NO3. The summed E-state index contributed by atoms with van der Waals surface area (Å²) in [5.74, 6) is -1.29. The Labute approximate surface area is 84.5 Å². The highest BCUT2D eigenvalue weighted by Crippen LogP contribution is 2.24. The molecule has 1 aliphatic rings. The van der Waals surface area contributed by atoms with E-state index in [1.165, 1.54) is 0 Å². The van der Waals surface area contributed by atoms with Crippen molar-refractivity contribution in [3.05, 3.63) is 0 Å². The Kier molecular flexibility index (Phi) is 4.35. The average Bonchev–Trinajstić information content (AvgIpc) is 2.32.